The predicted molar refractivity (Wildman–Crippen MR) is 164 cm³/mol. The van der Waals surface area contributed by atoms with E-state index in [1.807, 2.05) is 73.6 Å². The van der Waals surface area contributed by atoms with Gasteiger partial charge in [-0.15, -0.1) is 0 Å². The number of anilines is 5. The second-order valence-corrected chi connectivity index (χ2v) is 10.6. The number of aryl methyl sites for hydroxylation is 1. The van der Waals surface area contributed by atoms with Gasteiger partial charge in [-0.3, -0.25) is 9.48 Å². The molecule has 0 spiro atoms. The van der Waals surface area contributed by atoms with E-state index in [0.717, 1.165) is 11.1 Å². The summed E-state index contributed by atoms with van der Waals surface area (Å²) in [6.45, 7) is 1.40. The van der Waals surface area contributed by atoms with Crippen LogP contribution in [0.25, 0.3) is 0 Å². The summed E-state index contributed by atoms with van der Waals surface area (Å²) in [4.78, 5) is 43.0. The molecule has 0 unspecified atom stereocenters. The van der Waals surface area contributed by atoms with Crippen molar-refractivity contribution < 1.29 is 9.59 Å². The Morgan fingerprint density at radius 1 is 1.12 bits per heavy atom. The van der Waals surface area contributed by atoms with Crippen molar-refractivity contribution in [2.45, 2.75) is 13.1 Å². The molecule has 0 atom stereocenters. The number of hydrogen-bond donors (Lipinski definition) is 1. The summed E-state index contributed by atoms with van der Waals surface area (Å²) in [5, 5.41) is 7.52. The standard InChI is InChI=1S/C30H32ClN9O2/c1-36(2)15-9-14-26(41)38(4)23-12-8-13-24(16-23)40-28-22(19-39(30(40)42)18-21-10-6-5-7-11-21)17-32-29(34-28)33-25-20-37(3)35-27(25)31/h5-14,16-17,20H,15,18-19H2,1-4H3,(H,32,33,34)/b14-9+. The second kappa shape index (κ2) is 12.4. The number of aromatic nitrogens is 4. The van der Waals surface area contributed by atoms with Crippen LogP contribution in [0.1, 0.15) is 11.1 Å². The summed E-state index contributed by atoms with van der Waals surface area (Å²) in [5.74, 6) is 0.540. The van der Waals surface area contributed by atoms with Gasteiger partial charge in [-0.05, 0) is 37.9 Å². The van der Waals surface area contributed by atoms with Crippen LogP contribution in [-0.4, -0.2) is 69.2 Å². The Kier molecular flexibility index (Phi) is 8.51. The van der Waals surface area contributed by atoms with E-state index in [9.17, 15) is 9.59 Å². The number of fused-ring (bicyclic) bond motifs is 1. The van der Waals surface area contributed by atoms with Gasteiger partial charge in [-0.25, -0.2) is 14.7 Å². The van der Waals surface area contributed by atoms with Crippen LogP contribution in [0.4, 0.5) is 33.6 Å². The average Bonchev–Trinajstić information content (AvgIpc) is 3.29. The third kappa shape index (κ3) is 6.42. The van der Waals surface area contributed by atoms with E-state index in [4.69, 9.17) is 16.6 Å². The van der Waals surface area contributed by atoms with E-state index in [-0.39, 0.29) is 23.0 Å². The summed E-state index contributed by atoms with van der Waals surface area (Å²) < 4.78 is 1.58. The maximum Gasteiger partial charge on any atom is 0.330 e. The Bertz CT molecular complexity index is 1620. The molecule has 3 amide bonds. The highest BCUT2D eigenvalue weighted by Crippen LogP contribution is 2.36. The van der Waals surface area contributed by atoms with Crippen LogP contribution in [0.2, 0.25) is 5.15 Å². The summed E-state index contributed by atoms with van der Waals surface area (Å²) in [5.41, 5.74) is 3.52. The molecule has 0 aliphatic carbocycles. The summed E-state index contributed by atoms with van der Waals surface area (Å²) in [6.07, 6.45) is 6.79. The van der Waals surface area contributed by atoms with E-state index < -0.39 is 0 Å². The fraction of sp³-hybridized carbons (Fsp3) is 0.233. The van der Waals surface area contributed by atoms with Crippen molar-refractivity contribution in [3.63, 3.8) is 0 Å². The van der Waals surface area contributed by atoms with Gasteiger partial charge in [-0.2, -0.15) is 10.1 Å². The number of amides is 3. The van der Waals surface area contributed by atoms with Crippen LogP contribution in [0.15, 0.2) is 79.1 Å². The zero-order chi connectivity index (χ0) is 29.8. The minimum Gasteiger partial charge on any atom is -0.320 e. The van der Waals surface area contributed by atoms with Gasteiger partial charge in [0.1, 0.15) is 0 Å². The first kappa shape index (κ1) is 28.8. The Hall–Kier alpha value is -4.74. The van der Waals surface area contributed by atoms with Crippen molar-refractivity contribution in [1.82, 2.24) is 29.5 Å². The van der Waals surface area contributed by atoms with Crippen LogP contribution in [-0.2, 0) is 24.9 Å². The zero-order valence-electron chi connectivity index (χ0n) is 23.9. The molecule has 0 radical (unpaired) electrons. The monoisotopic (exact) mass is 585 g/mol. The third-order valence-corrected chi connectivity index (χ3v) is 6.94. The predicted octanol–water partition coefficient (Wildman–Crippen LogP) is 4.96. The molecule has 0 saturated heterocycles. The highest BCUT2D eigenvalue weighted by Gasteiger charge is 2.34. The number of halogens is 1. The second-order valence-electron chi connectivity index (χ2n) is 10.2. The van der Waals surface area contributed by atoms with E-state index >= 15 is 0 Å². The Morgan fingerprint density at radius 3 is 2.62 bits per heavy atom. The Morgan fingerprint density at radius 2 is 1.90 bits per heavy atom. The summed E-state index contributed by atoms with van der Waals surface area (Å²) in [6, 6.07) is 16.8. The summed E-state index contributed by atoms with van der Waals surface area (Å²) >= 11 is 6.24. The Labute approximate surface area is 249 Å². The highest BCUT2D eigenvalue weighted by molar-refractivity contribution is 6.32. The van der Waals surface area contributed by atoms with E-state index in [0.29, 0.717) is 42.5 Å². The first-order valence-corrected chi connectivity index (χ1v) is 13.7. The van der Waals surface area contributed by atoms with Gasteiger partial charge < -0.3 is 20.0 Å². The van der Waals surface area contributed by atoms with Crippen molar-refractivity contribution in [2.75, 3.05) is 42.8 Å². The van der Waals surface area contributed by atoms with Crippen molar-refractivity contribution >= 4 is 52.4 Å². The molecular weight excluding hydrogens is 554 g/mol. The lowest BCUT2D eigenvalue weighted by Crippen LogP contribution is -2.45. The molecule has 11 nitrogen and oxygen atoms in total. The number of carbonyl (C=O) groups is 2. The molecule has 42 heavy (non-hydrogen) atoms. The number of nitrogens with one attached hydrogen (secondary N) is 1. The number of urea groups is 1. The topological polar surface area (TPSA) is 103 Å². The smallest absolute Gasteiger partial charge is 0.320 e. The van der Waals surface area contributed by atoms with Crippen molar-refractivity contribution in [3.05, 3.63) is 95.4 Å². The fourth-order valence-electron chi connectivity index (χ4n) is 4.54. The fourth-order valence-corrected chi connectivity index (χ4v) is 4.75. The average molecular weight is 586 g/mol. The van der Waals surface area contributed by atoms with Gasteiger partial charge in [0.25, 0.3) is 0 Å². The van der Waals surface area contributed by atoms with Crippen LogP contribution in [0.5, 0.6) is 0 Å². The maximum absolute atomic E-state index is 14.1. The molecule has 1 aliphatic rings. The number of rotatable bonds is 9. The van der Waals surface area contributed by atoms with Crippen LogP contribution in [0, 0.1) is 0 Å². The lowest BCUT2D eigenvalue weighted by Gasteiger charge is -2.36. The maximum atomic E-state index is 14.1. The van der Waals surface area contributed by atoms with Crippen molar-refractivity contribution in [2.24, 2.45) is 7.05 Å². The van der Waals surface area contributed by atoms with Gasteiger partial charge in [0, 0.05) is 56.9 Å². The molecule has 2 aromatic heterocycles. The van der Waals surface area contributed by atoms with Gasteiger partial charge in [0.15, 0.2) is 11.0 Å². The molecule has 1 aliphatic heterocycles. The molecule has 4 aromatic rings. The van der Waals surface area contributed by atoms with Gasteiger partial charge in [0.2, 0.25) is 11.9 Å². The molecule has 1 N–H and O–H groups in total. The minimum absolute atomic E-state index is 0.174. The first-order valence-electron chi connectivity index (χ1n) is 13.3. The molecule has 0 saturated carbocycles. The minimum atomic E-state index is -0.243. The van der Waals surface area contributed by atoms with Crippen molar-refractivity contribution in [3.8, 4) is 0 Å². The Balaban J connectivity index is 1.51. The number of nitrogens with zero attached hydrogens (tertiary/aromatic N) is 8. The van der Waals surface area contributed by atoms with Crippen LogP contribution in [0.3, 0.4) is 0 Å². The van der Waals surface area contributed by atoms with Gasteiger partial charge in [0.05, 0.1) is 17.9 Å². The molecular formula is C30H32ClN9O2. The van der Waals surface area contributed by atoms with Crippen molar-refractivity contribution in [1.29, 1.82) is 0 Å². The van der Waals surface area contributed by atoms with Crippen LogP contribution < -0.4 is 15.1 Å². The largest absolute Gasteiger partial charge is 0.330 e. The number of likely N-dealkylation sites (N-methyl/N-ethyl adjacent to an activating group) is 2. The molecule has 0 bridgehead atoms. The lowest BCUT2D eigenvalue weighted by atomic mass is 10.1. The van der Waals surface area contributed by atoms with Gasteiger partial charge in [-0.1, -0.05) is 54.1 Å². The SMILES string of the molecule is CN(C)C/C=C/C(=O)N(C)c1cccc(N2C(=O)N(Cc3ccccc3)Cc3cnc(Nc4cn(C)nc4Cl)nc32)c1. The number of hydrogen-bond acceptors (Lipinski definition) is 7. The number of carbonyl (C=O) groups excluding carboxylic acids is 2. The molecule has 2 aromatic carbocycles. The normalized spacial score (nSPS) is 13.1. The quantitative estimate of drug-likeness (QED) is 0.277. The molecule has 216 valence electrons. The molecule has 3 heterocycles. The van der Waals surface area contributed by atoms with Gasteiger partial charge >= 0.3 is 6.03 Å². The first-order chi connectivity index (χ1) is 20.2. The molecule has 5 rings (SSSR count). The van der Waals surface area contributed by atoms with E-state index in [1.54, 1.807) is 58.0 Å². The molecule has 0 fully saturated rings. The van der Waals surface area contributed by atoms with E-state index in [2.05, 4.69) is 15.4 Å². The zero-order valence-corrected chi connectivity index (χ0v) is 24.7. The lowest BCUT2D eigenvalue weighted by molar-refractivity contribution is -0.113. The molecule has 12 heteroatoms. The third-order valence-electron chi connectivity index (χ3n) is 6.66. The number of benzene rings is 2. The van der Waals surface area contributed by atoms with E-state index in [1.165, 1.54) is 0 Å². The highest BCUT2D eigenvalue weighted by atomic mass is 35.5. The summed E-state index contributed by atoms with van der Waals surface area (Å²) in [7, 11) is 7.34. The van der Waals surface area contributed by atoms with Crippen LogP contribution >= 0.6 is 11.6 Å².